The molecular weight excluding hydrogens is 376 g/mol. The molecule has 0 spiro atoms. The van der Waals surface area contributed by atoms with Crippen molar-refractivity contribution in [3.05, 3.63) is 71.4 Å². The van der Waals surface area contributed by atoms with Gasteiger partial charge in [0.2, 0.25) is 5.91 Å². The number of carbonyl (C=O) groups excluding carboxylic acids is 2. The summed E-state index contributed by atoms with van der Waals surface area (Å²) in [6.45, 7) is 0.525. The fourth-order valence-corrected chi connectivity index (χ4v) is 3.51. The number of nitrogens with zero attached hydrogens (tertiary/aromatic N) is 2. The molecule has 7 heteroatoms. The van der Waals surface area contributed by atoms with Gasteiger partial charge in [0.25, 0.3) is 5.91 Å². The minimum Gasteiger partial charge on any atom is -0.356 e. The zero-order chi connectivity index (χ0) is 19.5. The van der Waals surface area contributed by atoms with Gasteiger partial charge in [0.1, 0.15) is 11.9 Å². The van der Waals surface area contributed by atoms with E-state index in [4.69, 9.17) is 11.6 Å². The summed E-state index contributed by atoms with van der Waals surface area (Å²) in [5.41, 5.74) is 2.80. The van der Waals surface area contributed by atoms with E-state index in [-0.39, 0.29) is 18.2 Å². The number of hydrogen-bond donors (Lipinski definition) is 2. The molecule has 1 atom stereocenters. The Kier molecular flexibility index (Phi) is 5.12. The Morgan fingerprint density at radius 1 is 1.18 bits per heavy atom. The van der Waals surface area contributed by atoms with E-state index < -0.39 is 6.04 Å². The van der Waals surface area contributed by atoms with Crippen LogP contribution < -0.4 is 10.6 Å². The molecule has 0 saturated heterocycles. The second-order valence-electron chi connectivity index (χ2n) is 6.66. The number of halogens is 1. The fraction of sp³-hybridized carbons (Fsp3) is 0.190. The molecule has 28 heavy (non-hydrogen) atoms. The Hall–Kier alpha value is -3.12. The molecule has 0 fully saturated rings. The van der Waals surface area contributed by atoms with Crippen LogP contribution in [0.4, 0.5) is 5.82 Å². The molecule has 2 heterocycles. The highest BCUT2D eigenvalue weighted by Crippen LogP contribution is 2.36. The van der Waals surface area contributed by atoms with Gasteiger partial charge < -0.3 is 10.6 Å². The summed E-state index contributed by atoms with van der Waals surface area (Å²) in [6.07, 6.45) is 2.47. The van der Waals surface area contributed by atoms with Crippen molar-refractivity contribution in [3.8, 4) is 11.1 Å². The minimum absolute atomic E-state index is 0.0459. The van der Waals surface area contributed by atoms with Crippen LogP contribution in [0.3, 0.4) is 0 Å². The van der Waals surface area contributed by atoms with Crippen LogP contribution in [0.5, 0.6) is 0 Å². The number of anilines is 1. The van der Waals surface area contributed by atoms with Crippen molar-refractivity contribution in [2.24, 2.45) is 0 Å². The third-order valence-corrected chi connectivity index (χ3v) is 4.96. The maximum absolute atomic E-state index is 12.4. The molecule has 1 aliphatic rings. The first-order valence-electron chi connectivity index (χ1n) is 9.07. The first kappa shape index (κ1) is 18.3. The topological polar surface area (TPSA) is 76.0 Å². The average Bonchev–Trinajstić information content (AvgIpc) is 3.22. The van der Waals surface area contributed by atoms with E-state index in [9.17, 15) is 9.59 Å². The normalized spacial score (nSPS) is 15.2. The van der Waals surface area contributed by atoms with Gasteiger partial charge in [-0.1, -0.05) is 54.1 Å². The van der Waals surface area contributed by atoms with Crippen LogP contribution >= 0.6 is 11.6 Å². The van der Waals surface area contributed by atoms with Crippen molar-refractivity contribution < 1.29 is 9.59 Å². The van der Waals surface area contributed by atoms with Gasteiger partial charge in [-0.25, -0.2) is 4.68 Å². The lowest BCUT2D eigenvalue weighted by atomic mass is 10.1. The number of rotatable bonds is 6. The zero-order valence-electron chi connectivity index (χ0n) is 15.1. The van der Waals surface area contributed by atoms with Crippen LogP contribution in [0.2, 0.25) is 5.02 Å². The Labute approximate surface area is 167 Å². The largest absolute Gasteiger partial charge is 0.356 e. The fourth-order valence-electron chi connectivity index (χ4n) is 3.32. The summed E-state index contributed by atoms with van der Waals surface area (Å²) in [6, 6.07) is 16.6. The summed E-state index contributed by atoms with van der Waals surface area (Å²) in [4.78, 5) is 24.7. The first-order valence-corrected chi connectivity index (χ1v) is 9.44. The molecular formula is C21H19ClN4O2. The van der Waals surface area contributed by atoms with Gasteiger partial charge >= 0.3 is 0 Å². The Morgan fingerprint density at radius 3 is 2.79 bits per heavy atom. The highest BCUT2D eigenvalue weighted by atomic mass is 35.5. The predicted molar refractivity (Wildman–Crippen MR) is 108 cm³/mol. The lowest BCUT2D eigenvalue weighted by Crippen LogP contribution is -2.30. The third-order valence-electron chi connectivity index (χ3n) is 4.73. The number of fused-ring (bicyclic) bond motifs is 1. The number of hydrogen-bond acceptors (Lipinski definition) is 3. The zero-order valence-corrected chi connectivity index (χ0v) is 15.8. The van der Waals surface area contributed by atoms with Gasteiger partial charge in [-0.3, -0.25) is 9.59 Å². The quantitative estimate of drug-likeness (QED) is 0.672. The van der Waals surface area contributed by atoms with Crippen molar-refractivity contribution >= 4 is 29.2 Å². The van der Waals surface area contributed by atoms with Crippen LogP contribution in [0.1, 0.15) is 18.0 Å². The van der Waals surface area contributed by atoms with Crippen molar-refractivity contribution in [3.63, 3.8) is 0 Å². The number of benzene rings is 2. The minimum atomic E-state index is -0.653. The van der Waals surface area contributed by atoms with Crippen LogP contribution in [0, 0.1) is 0 Å². The smallest absolute Gasteiger partial charge is 0.251 e. The molecule has 6 nitrogen and oxygen atoms in total. The lowest BCUT2D eigenvalue weighted by Gasteiger charge is -2.10. The van der Waals surface area contributed by atoms with Crippen molar-refractivity contribution in [2.45, 2.75) is 18.9 Å². The van der Waals surface area contributed by atoms with Crippen molar-refractivity contribution in [1.82, 2.24) is 15.1 Å². The van der Waals surface area contributed by atoms with Crippen LogP contribution in [-0.2, 0) is 16.0 Å². The Bertz CT molecular complexity index is 1020. The summed E-state index contributed by atoms with van der Waals surface area (Å²) in [5.74, 6) is 0.183. The summed E-state index contributed by atoms with van der Waals surface area (Å²) < 4.78 is 1.58. The predicted octanol–water partition coefficient (Wildman–Crippen LogP) is 3.45. The molecule has 1 aromatic heterocycles. The van der Waals surface area contributed by atoms with Crippen LogP contribution in [0.15, 0.2) is 60.8 Å². The van der Waals surface area contributed by atoms with Gasteiger partial charge in [0.05, 0.1) is 12.6 Å². The van der Waals surface area contributed by atoms with E-state index in [1.807, 2.05) is 48.5 Å². The van der Waals surface area contributed by atoms with Gasteiger partial charge in [-0.15, -0.1) is 0 Å². The summed E-state index contributed by atoms with van der Waals surface area (Å²) in [5, 5.41) is 10.7. The second-order valence-corrected chi connectivity index (χ2v) is 7.09. The molecule has 0 bridgehead atoms. The molecule has 1 aliphatic heterocycles. The maximum atomic E-state index is 12.4. The van der Waals surface area contributed by atoms with E-state index >= 15 is 0 Å². The molecule has 3 aromatic rings. The standard InChI is InChI=1S/C21H19ClN4O2/c22-16-8-4-7-15(11-16)17-13-24-26-18(21(28)25-20(17)26)12-19(27)23-10-9-14-5-2-1-3-6-14/h1-8,11,13,18H,9-10,12H2,(H,23,27)(H,25,28). The van der Waals surface area contributed by atoms with Gasteiger partial charge in [0, 0.05) is 17.1 Å². The third kappa shape index (κ3) is 3.77. The van der Waals surface area contributed by atoms with E-state index in [0.29, 0.717) is 17.4 Å². The highest BCUT2D eigenvalue weighted by Gasteiger charge is 2.35. The van der Waals surface area contributed by atoms with Gasteiger partial charge in [-0.05, 0) is 29.7 Å². The monoisotopic (exact) mass is 394 g/mol. The molecule has 2 N–H and O–H groups in total. The number of aromatic nitrogens is 2. The molecule has 2 aromatic carbocycles. The number of amides is 2. The Balaban J connectivity index is 1.41. The SMILES string of the molecule is O=C(CC1C(=O)Nc2c(-c3cccc(Cl)c3)cnn21)NCCc1ccccc1. The second kappa shape index (κ2) is 7.86. The van der Waals surface area contributed by atoms with E-state index in [2.05, 4.69) is 15.7 Å². The molecule has 0 saturated carbocycles. The van der Waals surface area contributed by atoms with Crippen molar-refractivity contribution in [1.29, 1.82) is 0 Å². The molecule has 0 radical (unpaired) electrons. The molecule has 2 amide bonds. The molecule has 0 aliphatic carbocycles. The maximum Gasteiger partial charge on any atom is 0.251 e. The number of carbonyl (C=O) groups is 2. The lowest BCUT2D eigenvalue weighted by molar-refractivity contribution is -0.126. The van der Waals surface area contributed by atoms with Crippen molar-refractivity contribution in [2.75, 3.05) is 11.9 Å². The molecule has 1 unspecified atom stereocenters. The average molecular weight is 395 g/mol. The Morgan fingerprint density at radius 2 is 2.00 bits per heavy atom. The number of nitrogens with one attached hydrogen (secondary N) is 2. The highest BCUT2D eigenvalue weighted by molar-refractivity contribution is 6.30. The summed E-state index contributed by atoms with van der Waals surface area (Å²) >= 11 is 6.06. The summed E-state index contributed by atoms with van der Waals surface area (Å²) in [7, 11) is 0. The first-order chi connectivity index (χ1) is 13.6. The van der Waals surface area contributed by atoms with Gasteiger partial charge in [-0.2, -0.15) is 5.10 Å². The van der Waals surface area contributed by atoms with Crippen LogP contribution in [-0.4, -0.2) is 28.1 Å². The van der Waals surface area contributed by atoms with E-state index in [1.54, 1.807) is 16.9 Å². The molecule has 142 valence electrons. The van der Waals surface area contributed by atoms with E-state index in [0.717, 1.165) is 23.1 Å². The van der Waals surface area contributed by atoms with Gasteiger partial charge in [0.15, 0.2) is 0 Å². The van der Waals surface area contributed by atoms with E-state index in [1.165, 1.54) is 0 Å². The van der Waals surface area contributed by atoms with Crippen LogP contribution in [0.25, 0.3) is 11.1 Å². The molecule has 4 rings (SSSR count).